The van der Waals surface area contributed by atoms with E-state index in [0.29, 0.717) is 16.3 Å². The molecule has 0 aliphatic rings. The molecule has 1 N–H and O–H groups in total. The number of halogens is 1. The van der Waals surface area contributed by atoms with Gasteiger partial charge in [-0.05, 0) is 35.7 Å². The van der Waals surface area contributed by atoms with Gasteiger partial charge >= 0.3 is 5.97 Å². The summed E-state index contributed by atoms with van der Waals surface area (Å²) in [6.07, 6.45) is 0. The Morgan fingerprint density at radius 2 is 1.96 bits per heavy atom. The molecular formula is C19H15ClN2O3. The minimum absolute atomic E-state index is 0.0928. The first kappa shape index (κ1) is 17.0. The number of aliphatic carboxylic acids is 1. The number of hydrogen-bond donors (Lipinski definition) is 1. The lowest BCUT2D eigenvalue weighted by Crippen LogP contribution is -2.17. The number of fused-ring (bicyclic) bond motifs is 2. The van der Waals surface area contributed by atoms with Crippen molar-refractivity contribution in [3.8, 4) is 6.07 Å². The molecule has 0 saturated heterocycles. The van der Waals surface area contributed by atoms with Crippen molar-refractivity contribution in [2.24, 2.45) is 0 Å². The summed E-state index contributed by atoms with van der Waals surface area (Å²) in [5.41, 5.74) is 1.74. The molecule has 0 unspecified atom stereocenters. The highest BCUT2D eigenvalue weighted by Gasteiger charge is 2.18. The first-order valence-corrected chi connectivity index (χ1v) is 8.13. The standard InChI is InChI=1S/C19H15ClN2O3/c1-10(2)11-3-5-13-15(7-11)22(9-16(23)24)18-14(19(13)25)6-4-12(8-21)17(18)20/h3-7,10H,9H2,1-2H3,(H,23,24). The smallest absolute Gasteiger partial charge is 0.323 e. The van der Waals surface area contributed by atoms with Crippen molar-refractivity contribution in [2.75, 3.05) is 0 Å². The van der Waals surface area contributed by atoms with Gasteiger partial charge in [-0.25, -0.2) is 0 Å². The fraction of sp³-hybridized carbons (Fsp3) is 0.211. The summed E-state index contributed by atoms with van der Waals surface area (Å²) in [5.74, 6) is -0.839. The molecule has 3 rings (SSSR count). The van der Waals surface area contributed by atoms with Gasteiger partial charge in [0.2, 0.25) is 0 Å². The van der Waals surface area contributed by atoms with Gasteiger partial charge in [0.05, 0.1) is 21.6 Å². The largest absolute Gasteiger partial charge is 0.480 e. The molecule has 6 heteroatoms. The van der Waals surface area contributed by atoms with Crippen molar-refractivity contribution in [3.05, 3.63) is 56.7 Å². The van der Waals surface area contributed by atoms with Crippen molar-refractivity contribution in [2.45, 2.75) is 26.3 Å². The number of carboxylic acids is 1. The van der Waals surface area contributed by atoms with E-state index in [1.165, 1.54) is 16.7 Å². The highest BCUT2D eigenvalue weighted by atomic mass is 35.5. The van der Waals surface area contributed by atoms with E-state index in [4.69, 9.17) is 11.6 Å². The average Bonchev–Trinajstić information content (AvgIpc) is 2.57. The minimum atomic E-state index is -1.06. The Hall–Kier alpha value is -2.84. The van der Waals surface area contributed by atoms with Crippen LogP contribution in [0, 0.1) is 11.3 Å². The highest BCUT2D eigenvalue weighted by molar-refractivity contribution is 6.36. The van der Waals surface area contributed by atoms with Crippen LogP contribution < -0.4 is 5.43 Å². The molecule has 0 amide bonds. The van der Waals surface area contributed by atoms with Crippen LogP contribution in [-0.2, 0) is 11.3 Å². The Balaban J connectivity index is 2.59. The van der Waals surface area contributed by atoms with Gasteiger partial charge in [0.15, 0.2) is 5.43 Å². The Bertz CT molecular complexity index is 1120. The SMILES string of the molecule is CC(C)c1ccc2c(=O)c3ccc(C#N)c(Cl)c3n(CC(=O)O)c2c1. The van der Waals surface area contributed by atoms with Gasteiger partial charge in [0.1, 0.15) is 12.6 Å². The monoisotopic (exact) mass is 354 g/mol. The summed E-state index contributed by atoms with van der Waals surface area (Å²) in [5, 5.41) is 19.4. The van der Waals surface area contributed by atoms with E-state index in [2.05, 4.69) is 0 Å². The van der Waals surface area contributed by atoms with Crippen LogP contribution in [0.3, 0.4) is 0 Å². The first-order valence-electron chi connectivity index (χ1n) is 7.75. The number of nitriles is 1. The van der Waals surface area contributed by atoms with Gasteiger partial charge in [-0.3, -0.25) is 9.59 Å². The van der Waals surface area contributed by atoms with Crippen LogP contribution in [-0.4, -0.2) is 15.6 Å². The molecule has 2 aromatic carbocycles. The molecule has 0 radical (unpaired) electrons. The summed E-state index contributed by atoms with van der Waals surface area (Å²) >= 11 is 6.33. The lowest BCUT2D eigenvalue weighted by Gasteiger charge is -2.16. The third-order valence-corrected chi connectivity index (χ3v) is 4.65. The van der Waals surface area contributed by atoms with Crippen LogP contribution in [0.4, 0.5) is 0 Å². The number of carboxylic acid groups (broad SMARTS) is 1. The molecule has 0 aliphatic carbocycles. The average molecular weight is 355 g/mol. The zero-order valence-electron chi connectivity index (χ0n) is 13.7. The number of nitrogens with zero attached hydrogens (tertiary/aromatic N) is 2. The number of rotatable bonds is 3. The summed E-state index contributed by atoms with van der Waals surface area (Å²) < 4.78 is 1.50. The van der Waals surface area contributed by atoms with Crippen LogP contribution in [0.15, 0.2) is 35.1 Å². The molecule has 0 saturated carbocycles. The lowest BCUT2D eigenvalue weighted by atomic mass is 9.99. The van der Waals surface area contributed by atoms with Gasteiger partial charge in [-0.15, -0.1) is 0 Å². The maximum atomic E-state index is 12.9. The van der Waals surface area contributed by atoms with E-state index in [9.17, 15) is 20.0 Å². The van der Waals surface area contributed by atoms with E-state index >= 15 is 0 Å². The van der Waals surface area contributed by atoms with Gasteiger partial charge in [-0.1, -0.05) is 31.5 Å². The molecule has 0 bridgehead atoms. The van der Waals surface area contributed by atoms with Crippen LogP contribution in [0.25, 0.3) is 21.8 Å². The third-order valence-electron chi connectivity index (χ3n) is 4.27. The summed E-state index contributed by atoms with van der Waals surface area (Å²) in [6, 6.07) is 10.4. The summed E-state index contributed by atoms with van der Waals surface area (Å²) in [7, 11) is 0. The van der Waals surface area contributed by atoms with Gasteiger partial charge in [0, 0.05) is 10.8 Å². The number of carbonyl (C=O) groups is 1. The third kappa shape index (κ3) is 2.75. The normalized spacial score (nSPS) is 11.2. The van der Waals surface area contributed by atoms with E-state index < -0.39 is 5.97 Å². The molecule has 0 spiro atoms. The predicted octanol–water partition coefficient (Wildman–Crippen LogP) is 3.89. The van der Waals surface area contributed by atoms with E-state index in [0.717, 1.165) is 5.56 Å². The van der Waals surface area contributed by atoms with Crippen molar-refractivity contribution in [1.82, 2.24) is 4.57 Å². The molecule has 1 heterocycles. The van der Waals surface area contributed by atoms with Crippen LogP contribution in [0.1, 0.15) is 30.9 Å². The molecule has 0 atom stereocenters. The second kappa shape index (κ2) is 6.23. The minimum Gasteiger partial charge on any atom is -0.480 e. The Morgan fingerprint density at radius 3 is 2.56 bits per heavy atom. The van der Waals surface area contributed by atoms with Crippen molar-refractivity contribution in [3.63, 3.8) is 0 Å². The summed E-state index contributed by atoms with van der Waals surface area (Å²) in [4.78, 5) is 24.3. The Kier molecular flexibility index (Phi) is 4.23. The number of pyridine rings is 1. The predicted molar refractivity (Wildman–Crippen MR) is 97.2 cm³/mol. The van der Waals surface area contributed by atoms with Crippen LogP contribution >= 0.6 is 11.6 Å². The van der Waals surface area contributed by atoms with Crippen molar-refractivity contribution >= 4 is 39.4 Å². The van der Waals surface area contributed by atoms with Gasteiger partial charge in [-0.2, -0.15) is 5.26 Å². The molecule has 5 nitrogen and oxygen atoms in total. The first-order chi connectivity index (χ1) is 11.8. The lowest BCUT2D eigenvalue weighted by molar-refractivity contribution is -0.137. The number of hydrogen-bond acceptors (Lipinski definition) is 3. The molecule has 126 valence electrons. The van der Waals surface area contributed by atoms with Gasteiger partial charge < -0.3 is 9.67 Å². The molecule has 1 aromatic heterocycles. The molecule has 0 fully saturated rings. The topological polar surface area (TPSA) is 83.1 Å². The zero-order valence-corrected chi connectivity index (χ0v) is 14.5. The second-order valence-electron chi connectivity index (χ2n) is 6.18. The quantitative estimate of drug-likeness (QED) is 0.723. The fourth-order valence-electron chi connectivity index (χ4n) is 2.99. The zero-order chi connectivity index (χ0) is 18.3. The fourth-order valence-corrected chi connectivity index (χ4v) is 3.30. The molecule has 3 aromatic rings. The number of benzene rings is 2. The van der Waals surface area contributed by atoms with Crippen molar-refractivity contribution in [1.29, 1.82) is 5.26 Å². The Morgan fingerprint density at radius 1 is 1.28 bits per heavy atom. The second-order valence-corrected chi connectivity index (χ2v) is 6.55. The maximum Gasteiger partial charge on any atom is 0.323 e. The molecule has 25 heavy (non-hydrogen) atoms. The molecule has 0 aliphatic heterocycles. The summed E-state index contributed by atoms with van der Waals surface area (Å²) in [6.45, 7) is 3.68. The van der Waals surface area contributed by atoms with Crippen molar-refractivity contribution < 1.29 is 9.90 Å². The maximum absolute atomic E-state index is 12.9. The van der Waals surface area contributed by atoms with Crippen LogP contribution in [0.5, 0.6) is 0 Å². The van der Waals surface area contributed by atoms with Gasteiger partial charge in [0.25, 0.3) is 0 Å². The van der Waals surface area contributed by atoms with E-state index in [1.807, 2.05) is 32.0 Å². The Labute approximate surface area is 148 Å². The molecular weight excluding hydrogens is 340 g/mol. The highest BCUT2D eigenvalue weighted by Crippen LogP contribution is 2.30. The van der Waals surface area contributed by atoms with Crippen LogP contribution in [0.2, 0.25) is 5.02 Å². The van der Waals surface area contributed by atoms with E-state index in [1.54, 1.807) is 6.07 Å². The van der Waals surface area contributed by atoms with E-state index in [-0.39, 0.29) is 34.0 Å². The number of aromatic nitrogens is 1.